The summed E-state index contributed by atoms with van der Waals surface area (Å²) in [6.45, 7) is 7.46. The molecule has 0 saturated heterocycles. The quantitative estimate of drug-likeness (QED) is 0.836. The molecule has 2 N–H and O–H groups in total. The van der Waals surface area contributed by atoms with Crippen molar-refractivity contribution in [3.8, 4) is 0 Å². The first-order chi connectivity index (χ1) is 9.10. The second kappa shape index (κ2) is 6.04. The van der Waals surface area contributed by atoms with Crippen LogP contribution in [0.5, 0.6) is 0 Å². The number of furan rings is 1. The molecule has 1 unspecified atom stereocenters. The standard InChI is InChI=1S/C14H21N3O2/c1-10-6-14(12(3)19-10)11(2)15-7-13-8-16-17(9-13)4-5-18/h6,8-9,11,15,18H,4-5,7H2,1-3H3. The Kier molecular flexibility index (Phi) is 4.39. The van der Waals surface area contributed by atoms with Crippen LogP contribution in [0, 0.1) is 13.8 Å². The molecule has 0 aliphatic carbocycles. The van der Waals surface area contributed by atoms with E-state index in [1.54, 1.807) is 4.68 Å². The summed E-state index contributed by atoms with van der Waals surface area (Å²) in [6.07, 6.45) is 3.77. The van der Waals surface area contributed by atoms with E-state index in [1.165, 1.54) is 5.56 Å². The van der Waals surface area contributed by atoms with Crippen LogP contribution in [0.2, 0.25) is 0 Å². The van der Waals surface area contributed by atoms with Crippen molar-refractivity contribution in [2.45, 2.75) is 39.9 Å². The number of hydrogen-bond donors (Lipinski definition) is 2. The third-order valence-corrected chi connectivity index (χ3v) is 3.17. The van der Waals surface area contributed by atoms with Crippen molar-refractivity contribution >= 4 is 0 Å². The van der Waals surface area contributed by atoms with Crippen molar-refractivity contribution in [1.29, 1.82) is 0 Å². The zero-order chi connectivity index (χ0) is 13.8. The van der Waals surface area contributed by atoms with Crippen molar-refractivity contribution < 1.29 is 9.52 Å². The lowest BCUT2D eigenvalue weighted by Crippen LogP contribution is -2.18. The third kappa shape index (κ3) is 3.45. The molecule has 2 heterocycles. The number of aromatic nitrogens is 2. The molecule has 0 bridgehead atoms. The molecule has 5 heteroatoms. The first kappa shape index (κ1) is 13.8. The molecule has 2 aromatic rings. The van der Waals surface area contributed by atoms with Crippen LogP contribution >= 0.6 is 0 Å². The van der Waals surface area contributed by atoms with Crippen LogP contribution in [0.15, 0.2) is 22.9 Å². The maximum atomic E-state index is 8.84. The lowest BCUT2D eigenvalue weighted by molar-refractivity contribution is 0.269. The van der Waals surface area contributed by atoms with Gasteiger partial charge in [0.05, 0.1) is 19.3 Å². The molecule has 0 amide bonds. The highest BCUT2D eigenvalue weighted by molar-refractivity contribution is 5.23. The molecule has 19 heavy (non-hydrogen) atoms. The highest BCUT2D eigenvalue weighted by Crippen LogP contribution is 2.21. The van der Waals surface area contributed by atoms with E-state index in [-0.39, 0.29) is 12.6 Å². The van der Waals surface area contributed by atoms with Crippen LogP contribution in [0.25, 0.3) is 0 Å². The molecule has 0 aromatic carbocycles. The maximum Gasteiger partial charge on any atom is 0.105 e. The van der Waals surface area contributed by atoms with Crippen LogP contribution < -0.4 is 5.32 Å². The molecule has 5 nitrogen and oxygen atoms in total. The van der Waals surface area contributed by atoms with E-state index >= 15 is 0 Å². The molecular weight excluding hydrogens is 242 g/mol. The summed E-state index contributed by atoms with van der Waals surface area (Å²) in [4.78, 5) is 0. The molecule has 0 spiro atoms. The Morgan fingerprint density at radius 1 is 1.47 bits per heavy atom. The highest BCUT2D eigenvalue weighted by atomic mass is 16.3. The second-order valence-corrected chi connectivity index (χ2v) is 4.81. The van der Waals surface area contributed by atoms with Crippen molar-refractivity contribution in [3.63, 3.8) is 0 Å². The first-order valence-corrected chi connectivity index (χ1v) is 6.52. The SMILES string of the molecule is Cc1cc(C(C)NCc2cnn(CCO)c2)c(C)o1. The Bertz CT molecular complexity index is 531. The topological polar surface area (TPSA) is 63.2 Å². The lowest BCUT2D eigenvalue weighted by Gasteiger charge is -2.12. The smallest absolute Gasteiger partial charge is 0.105 e. The predicted octanol–water partition coefficient (Wildman–Crippen LogP) is 1.94. The Morgan fingerprint density at radius 2 is 2.26 bits per heavy atom. The van der Waals surface area contributed by atoms with Crippen molar-refractivity contribution in [1.82, 2.24) is 15.1 Å². The molecule has 2 rings (SSSR count). The van der Waals surface area contributed by atoms with Gasteiger partial charge in [-0.1, -0.05) is 0 Å². The minimum absolute atomic E-state index is 0.110. The van der Waals surface area contributed by atoms with Gasteiger partial charge in [0.25, 0.3) is 0 Å². The zero-order valence-electron chi connectivity index (χ0n) is 11.7. The van der Waals surface area contributed by atoms with Gasteiger partial charge in [-0.3, -0.25) is 4.68 Å². The Hall–Kier alpha value is -1.59. The minimum atomic E-state index is 0.110. The van der Waals surface area contributed by atoms with Crippen molar-refractivity contribution in [3.05, 3.63) is 41.1 Å². The number of hydrogen-bond acceptors (Lipinski definition) is 4. The Labute approximate surface area is 113 Å². The predicted molar refractivity (Wildman–Crippen MR) is 72.7 cm³/mol. The molecular formula is C14H21N3O2. The van der Waals surface area contributed by atoms with Crippen LogP contribution in [0.3, 0.4) is 0 Å². The van der Waals surface area contributed by atoms with Gasteiger partial charge in [0, 0.05) is 29.9 Å². The molecule has 0 radical (unpaired) electrons. The minimum Gasteiger partial charge on any atom is -0.466 e. The number of nitrogens with zero attached hydrogens (tertiary/aromatic N) is 2. The maximum absolute atomic E-state index is 8.84. The van der Waals surface area contributed by atoms with Gasteiger partial charge >= 0.3 is 0 Å². The summed E-state index contributed by atoms with van der Waals surface area (Å²) in [5, 5.41) is 16.5. The number of aryl methyl sites for hydroxylation is 2. The number of aliphatic hydroxyl groups excluding tert-OH is 1. The average molecular weight is 263 g/mol. The van der Waals surface area contributed by atoms with E-state index in [0.29, 0.717) is 6.54 Å². The molecule has 2 aromatic heterocycles. The lowest BCUT2D eigenvalue weighted by atomic mass is 10.1. The van der Waals surface area contributed by atoms with Gasteiger partial charge in [-0.15, -0.1) is 0 Å². The van der Waals surface area contributed by atoms with E-state index in [9.17, 15) is 0 Å². The van der Waals surface area contributed by atoms with Gasteiger partial charge in [0.1, 0.15) is 11.5 Å². The molecule has 0 aliphatic heterocycles. The summed E-state index contributed by atoms with van der Waals surface area (Å²) < 4.78 is 7.28. The monoisotopic (exact) mass is 263 g/mol. The van der Waals surface area contributed by atoms with E-state index in [1.807, 2.05) is 26.2 Å². The van der Waals surface area contributed by atoms with Crippen molar-refractivity contribution in [2.24, 2.45) is 0 Å². The molecule has 0 saturated carbocycles. The van der Waals surface area contributed by atoms with Crippen LogP contribution in [0.4, 0.5) is 0 Å². The fourth-order valence-corrected chi connectivity index (χ4v) is 2.18. The van der Waals surface area contributed by atoms with E-state index in [0.717, 1.165) is 23.6 Å². The van der Waals surface area contributed by atoms with Crippen molar-refractivity contribution in [2.75, 3.05) is 6.61 Å². The van der Waals surface area contributed by atoms with Gasteiger partial charge in [-0.05, 0) is 26.8 Å². The summed E-state index contributed by atoms with van der Waals surface area (Å²) in [5.41, 5.74) is 2.30. The summed E-state index contributed by atoms with van der Waals surface area (Å²) in [7, 11) is 0. The fraction of sp³-hybridized carbons (Fsp3) is 0.500. The molecule has 104 valence electrons. The van der Waals surface area contributed by atoms with Crippen LogP contribution in [0.1, 0.15) is 35.6 Å². The van der Waals surface area contributed by atoms with Gasteiger partial charge in [0.15, 0.2) is 0 Å². The summed E-state index contributed by atoms with van der Waals surface area (Å²) >= 11 is 0. The van der Waals surface area contributed by atoms with Gasteiger partial charge in [0.2, 0.25) is 0 Å². The van der Waals surface area contributed by atoms with Gasteiger partial charge in [-0.2, -0.15) is 5.10 Å². The zero-order valence-corrected chi connectivity index (χ0v) is 11.7. The Morgan fingerprint density at radius 3 is 2.89 bits per heavy atom. The molecule has 0 aliphatic rings. The normalized spacial score (nSPS) is 12.8. The van der Waals surface area contributed by atoms with Gasteiger partial charge < -0.3 is 14.8 Å². The summed E-state index contributed by atoms with van der Waals surface area (Å²) in [6, 6.07) is 2.31. The average Bonchev–Trinajstić information content (AvgIpc) is 2.93. The second-order valence-electron chi connectivity index (χ2n) is 4.81. The van der Waals surface area contributed by atoms with E-state index in [2.05, 4.69) is 23.4 Å². The Balaban J connectivity index is 1.92. The number of nitrogens with one attached hydrogen (secondary N) is 1. The first-order valence-electron chi connectivity index (χ1n) is 6.52. The number of aliphatic hydroxyl groups is 1. The van der Waals surface area contributed by atoms with Crippen LogP contribution in [-0.4, -0.2) is 21.5 Å². The fourth-order valence-electron chi connectivity index (χ4n) is 2.18. The van der Waals surface area contributed by atoms with Crippen LogP contribution in [-0.2, 0) is 13.1 Å². The van der Waals surface area contributed by atoms with Gasteiger partial charge in [-0.25, -0.2) is 0 Å². The highest BCUT2D eigenvalue weighted by Gasteiger charge is 2.12. The largest absolute Gasteiger partial charge is 0.466 e. The summed E-state index contributed by atoms with van der Waals surface area (Å²) in [5.74, 6) is 1.91. The molecule has 1 atom stereocenters. The third-order valence-electron chi connectivity index (χ3n) is 3.17. The molecule has 0 fully saturated rings. The van der Waals surface area contributed by atoms with E-state index in [4.69, 9.17) is 9.52 Å². The number of rotatable bonds is 6. The van der Waals surface area contributed by atoms with E-state index < -0.39 is 0 Å².